The molecule has 5 rings (SSSR count). The van der Waals surface area contributed by atoms with Gasteiger partial charge < -0.3 is 125 Å². The number of carbonyl (C=O) groups is 6. The molecule has 27 atom stereocenters. The molecule has 31 nitrogen and oxygen atoms in total. The van der Waals surface area contributed by atoms with Gasteiger partial charge in [-0.15, -0.1) is 0 Å². The third-order valence-electron chi connectivity index (χ3n) is 20.3. The minimum Gasteiger partial charge on any atom is -0.479 e. The molecule has 5 aliphatic heterocycles. The summed E-state index contributed by atoms with van der Waals surface area (Å²) in [4.78, 5) is 78.7. The number of aliphatic hydroxyl groups excluding tert-OH is 8. The zero-order valence-electron chi connectivity index (χ0n) is 62.1. The highest BCUT2D eigenvalue weighted by Gasteiger charge is 2.59. The van der Waals surface area contributed by atoms with Crippen molar-refractivity contribution in [3.63, 3.8) is 0 Å². The molecule has 0 radical (unpaired) electrons. The van der Waals surface area contributed by atoms with Crippen molar-refractivity contribution in [2.75, 3.05) is 26.4 Å². The van der Waals surface area contributed by atoms with Crippen molar-refractivity contribution in [3.05, 3.63) is 0 Å². The van der Waals surface area contributed by atoms with Gasteiger partial charge in [0.25, 0.3) is 0 Å². The second-order valence-electron chi connectivity index (χ2n) is 28.5. The second kappa shape index (κ2) is 45.0. The molecule has 0 bridgehead atoms. The van der Waals surface area contributed by atoms with Crippen LogP contribution in [0.2, 0.25) is 0 Å². The Morgan fingerprint density at radius 1 is 0.451 bits per heavy atom. The van der Waals surface area contributed by atoms with Crippen LogP contribution in [-0.4, -0.2) is 267 Å². The fraction of sp³-hybridized carbons (Fsp3) is 0.915. The highest BCUT2D eigenvalue weighted by Crippen LogP contribution is 2.39. The first-order chi connectivity index (χ1) is 48.6. The van der Waals surface area contributed by atoms with Crippen molar-refractivity contribution < 1.29 is 127 Å². The van der Waals surface area contributed by atoms with Crippen molar-refractivity contribution in [1.29, 1.82) is 0 Å². The minimum absolute atomic E-state index is 0.0251. The van der Waals surface area contributed by atoms with Crippen molar-refractivity contribution >= 4 is 35.5 Å². The Bertz CT molecular complexity index is 2480. The van der Waals surface area contributed by atoms with Crippen molar-refractivity contribution in [2.45, 2.75) is 383 Å². The third kappa shape index (κ3) is 26.2. The number of ether oxygens (including phenoxy) is 11. The van der Waals surface area contributed by atoms with E-state index in [9.17, 15) is 74.7 Å². The first kappa shape index (κ1) is 88.7. The summed E-state index contributed by atoms with van der Waals surface area (Å²) in [6, 6.07) is -4.50. The molecule has 0 aromatic heterocycles. The van der Waals surface area contributed by atoms with Gasteiger partial charge in [0.05, 0.1) is 24.9 Å². The van der Waals surface area contributed by atoms with Gasteiger partial charge in [0.1, 0.15) is 97.5 Å². The maximum absolute atomic E-state index is 13.6. The quantitative estimate of drug-likeness (QED) is 0.0389. The molecule has 31 heteroatoms. The van der Waals surface area contributed by atoms with Crippen LogP contribution in [0.5, 0.6) is 0 Å². The monoisotopic (exact) mass is 1470 g/mol. The van der Waals surface area contributed by atoms with E-state index in [1.807, 2.05) is 0 Å². The lowest BCUT2D eigenvalue weighted by molar-refractivity contribution is -0.388. The maximum Gasteiger partial charge on any atom is 0.335 e. The van der Waals surface area contributed by atoms with Gasteiger partial charge >= 0.3 is 5.97 Å². The Balaban J connectivity index is 1.33. The molecule has 5 aliphatic rings. The van der Waals surface area contributed by atoms with E-state index in [1.165, 1.54) is 46.5 Å². The Labute approximate surface area is 601 Å². The van der Waals surface area contributed by atoms with Crippen LogP contribution >= 0.6 is 0 Å². The number of carbonyl (C=O) groups excluding carboxylic acids is 5. The third-order valence-corrected chi connectivity index (χ3v) is 20.3. The molecule has 0 saturated carbocycles. The highest BCUT2D eigenvalue weighted by molar-refractivity contribution is 5.78. The van der Waals surface area contributed by atoms with Crippen LogP contribution < -0.4 is 26.6 Å². The van der Waals surface area contributed by atoms with Gasteiger partial charge in [0.2, 0.25) is 29.5 Å². The van der Waals surface area contributed by atoms with Crippen LogP contribution in [0.1, 0.15) is 224 Å². The Morgan fingerprint density at radius 3 is 1.56 bits per heavy atom. The summed E-state index contributed by atoms with van der Waals surface area (Å²) < 4.78 is 68.9. The standard InChI is InChI=1S/C71H127N5O26/c1-12-16-19-21-24-31-39(5)71(15-4,34-27-18-14-3)76-48(82)33-26-25-32-47(81)72-35-28-23-30-37-93-66-50(74-44(10)79)61(52(83)40(6)94-66)99-68-51(75-45(11)80)62(60(42(8)96-68)98-69-58(89)55(86)53(84)46(38-77)97-69)100-70-64(57(88)56(87)63(101-70)65(90)91)102-67-49(73-43(9)78)54(85)59(41(7)95-67)92-36-29-22-20-17-13-2/h39-42,46,49-64,66-70,77,83-89H,12-38H2,1-11H3,(H,72,81)(H,73,78)(H,74,79)(H,75,80)(H,76,82)(H,90,91)/t39?,40?,41?,42?,46?,49-,50?,51?,52-,53+,54?,55?,56-,57?,58?,59+,60+,61?,62?,63?,64?,66+,67-,68-,69-,70+,71?/m0/s1. The summed E-state index contributed by atoms with van der Waals surface area (Å²) >= 11 is 0. The average molecular weight is 1470 g/mol. The predicted molar refractivity (Wildman–Crippen MR) is 367 cm³/mol. The number of aliphatic hydroxyl groups is 8. The van der Waals surface area contributed by atoms with Gasteiger partial charge in [-0.05, 0) is 84.5 Å². The van der Waals surface area contributed by atoms with Crippen LogP contribution in [0, 0.1) is 5.92 Å². The zero-order valence-corrected chi connectivity index (χ0v) is 62.1. The van der Waals surface area contributed by atoms with E-state index in [1.54, 1.807) is 6.92 Å². The summed E-state index contributed by atoms with van der Waals surface area (Å²) in [5.74, 6) is -3.61. The van der Waals surface area contributed by atoms with Gasteiger partial charge in [-0.2, -0.15) is 0 Å². The number of unbranched alkanes of at least 4 members (excludes halogenated alkanes) is 13. The Hall–Kier alpha value is -3.94. The molecule has 5 fully saturated rings. The number of rotatable bonds is 45. The first-order valence-electron chi connectivity index (χ1n) is 37.7. The molecule has 0 spiro atoms. The summed E-state index contributed by atoms with van der Waals surface area (Å²) in [6.45, 7) is 18.7. The summed E-state index contributed by atoms with van der Waals surface area (Å²) in [5.41, 5.74) is -0.249. The molecule has 0 aromatic rings. The molecular formula is C71H127N5O26. The van der Waals surface area contributed by atoms with Gasteiger partial charge in [0.15, 0.2) is 37.6 Å². The van der Waals surface area contributed by atoms with Crippen LogP contribution in [0.25, 0.3) is 0 Å². The van der Waals surface area contributed by atoms with E-state index in [0.717, 1.165) is 84.5 Å². The topological polar surface area (TPSA) is 446 Å². The molecule has 5 saturated heterocycles. The molecule has 5 amide bonds. The molecular weight excluding hydrogens is 1340 g/mol. The summed E-state index contributed by atoms with van der Waals surface area (Å²) in [6.07, 6.45) is -17.7. The molecule has 16 unspecified atom stereocenters. The lowest BCUT2D eigenvalue weighted by Gasteiger charge is -2.52. The lowest BCUT2D eigenvalue weighted by Crippen LogP contribution is -2.71. The molecule has 5 heterocycles. The van der Waals surface area contributed by atoms with Gasteiger partial charge in [-0.1, -0.05) is 112 Å². The van der Waals surface area contributed by atoms with E-state index >= 15 is 0 Å². The number of carboxylic acids is 1. The van der Waals surface area contributed by atoms with Crippen LogP contribution in [-0.2, 0) is 80.9 Å². The maximum atomic E-state index is 13.6. The largest absolute Gasteiger partial charge is 0.479 e. The lowest BCUT2D eigenvalue weighted by atomic mass is 9.75. The minimum atomic E-state index is -2.27. The molecule has 592 valence electrons. The van der Waals surface area contributed by atoms with E-state index in [4.69, 9.17) is 52.1 Å². The SMILES string of the molecule is CCCCCCCO[C@@H]1C(C)O[C@@H](OC2C(O)[C@H](O)C(C(=O)O)O[C@H]2OC2C(NC(C)=O)[C@H](OC3C(NC(C)=O)[C@H](OCCCCCNC(=O)CCCCC(=O)NC(CC)(CCCCC)C(C)CCCCCCC)OC(C)[C@@H]3O)OC(C)[C@H]2O[C@@H]2OC(CO)[C@@H](O)C(O)C2O)[C@@H](NC(C)=O)C1O. The van der Waals surface area contributed by atoms with Crippen LogP contribution in [0.4, 0.5) is 0 Å². The van der Waals surface area contributed by atoms with Gasteiger partial charge in [-0.3, -0.25) is 24.0 Å². The van der Waals surface area contributed by atoms with Crippen molar-refractivity contribution in [2.24, 2.45) is 5.92 Å². The van der Waals surface area contributed by atoms with Crippen molar-refractivity contribution in [3.8, 4) is 0 Å². The summed E-state index contributed by atoms with van der Waals surface area (Å²) in [7, 11) is 0. The summed E-state index contributed by atoms with van der Waals surface area (Å²) in [5, 5.41) is 115. The highest BCUT2D eigenvalue weighted by atomic mass is 16.8. The number of amides is 5. The fourth-order valence-corrected chi connectivity index (χ4v) is 14.2. The normalized spacial score (nSPS) is 35.1. The number of aliphatic carboxylic acids is 1. The second-order valence-corrected chi connectivity index (χ2v) is 28.5. The Kier molecular flexibility index (Phi) is 39.1. The smallest absolute Gasteiger partial charge is 0.335 e. The van der Waals surface area contributed by atoms with E-state index in [2.05, 4.69) is 61.2 Å². The molecule has 102 heavy (non-hydrogen) atoms. The predicted octanol–water partition coefficient (Wildman–Crippen LogP) is 2.39. The number of carboxylic acid groups (broad SMARTS) is 1. The molecule has 14 N–H and O–H groups in total. The average Bonchev–Trinajstić information content (AvgIpc) is 0.768. The first-order valence-corrected chi connectivity index (χ1v) is 37.7. The van der Waals surface area contributed by atoms with Crippen LogP contribution in [0.3, 0.4) is 0 Å². The van der Waals surface area contributed by atoms with E-state index < -0.39 is 184 Å². The van der Waals surface area contributed by atoms with E-state index in [-0.39, 0.29) is 37.0 Å². The van der Waals surface area contributed by atoms with E-state index in [0.29, 0.717) is 57.4 Å². The van der Waals surface area contributed by atoms with Gasteiger partial charge in [0, 0.05) is 58.9 Å². The number of hydrogen-bond acceptors (Lipinski definition) is 25. The number of nitrogens with one attached hydrogen (secondary N) is 5. The van der Waals surface area contributed by atoms with Crippen molar-refractivity contribution in [1.82, 2.24) is 26.6 Å². The Morgan fingerprint density at radius 2 is 0.961 bits per heavy atom. The molecule has 0 aliphatic carbocycles. The zero-order chi connectivity index (χ0) is 75.4. The fourth-order valence-electron chi connectivity index (χ4n) is 14.2. The van der Waals surface area contributed by atoms with Gasteiger partial charge in [-0.25, -0.2) is 4.79 Å². The molecule has 0 aromatic carbocycles. The van der Waals surface area contributed by atoms with Crippen LogP contribution in [0.15, 0.2) is 0 Å². The number of hydrogen-bond donors (Lipinski definition) is 14.